The van der Waals surface area contributed by atoms with Crippen LogP contribution < -0.4 is 5.32 Å². The molecule has 3 heteroatoms. The van der Waals surface area contributed by atoms with Gasteiger partial charge in [-0.2, -0.15) is 5.26 Å². The van der Waals surface area contributed by atoms with E-state index in [2.05, 4.69) is 32.2 Å². The first kappa shape index (κ1) is 14.5. The summed E-state index contributed by atoms with van der Waals surface area (Å²) >= 11 is 0. The zero-order chi connectivity index (χ0) is 12.9. The summed E-state index contributed by atoms with van der Waals surface area (Å²) in [6.45, 7) is 9.09. The van der Waals surface area contributed by atoms with Crippen molar-refractivity contribution in [3.63, 3.8) is 0 Å². The zero-order valence-corrected chi connectivity index (χ0v) is 11.7. The van der Waals surface area contributed by atoms with E-state index in [1.54, 1.807) is 0 Å². The molecule has 1 fully saturated rings. The number of hydrogen-bond donors (Lipinski definition) is 1. The van der Waals surface area contributed by atoms with Gasteiger partial charge in [-0.1, -0.05) is 6.92 Å². The molecule has 1 rings (SSSR count). The minimum atomic E-state index is -0.374. The third-order valence-electron chi connectivity index (χ3n) is 3.51. The molecule has 1 aliphatic carbocycles. The molecule has 17 heavy (non-hydrogen) atoms. The van der Waals surface area contributed by atoms with Crippen molar-refractivity contribution in [2.75, 3.05) is 6.61 Å². The molecule has 1 unspecified atom stereocenters. The van der Waals surface area contributed by atoms with Gasteiger partial charge in [0.2, 0.25) is 0 Å². The van der Waals surface area contributed by atoms with Gasteiger partial charge in [0.05, 0.1) is 11.7 Å². The Morgan fingerprint density at radius 3 is 2.47 bits per heavy atom. The van der Waals surface area contributed by atoms with Crippen LogP contribution in [0.25, 0.3) is 0 Å². The van der Waals surface area contributed by atoms with E-state index in [9.17, 15) is 5.26 Å². The summed E-state index contributed by atoms with van der Waals surface area (Å²) < 4.78 is 5.80. The van der Waals surface area contributed by atoms with Gasteiger partial charge in [-0.3, -0.25) is 5.32 Å². The second-order valence-corrected chi connectivity index (χ2v) is 5.93. The molecule has 0 spiro atoms. The lowest BCUT2D eigenvalue weighted by Gasteiger charge is -2.26. The smallest absolute Gasteiger partial charge is 0.104 e. The van der Waals surface area contributed by atoms with Crippen molar-refractivity contribution < 1.29 is 4.74 Å². The van der Waals surface area contributed by atoms with Gasteiger partial charge in [0.1, 0.15) is 5.54 Å². The number of hydrogen-bond acceptors (Lipinski definition) is 3. The lowest BCUT2D eigenvalue weighted by molar-refractivity contribution is -0.0227. The molecule has 0 aliphatic heterocycles. The SMILES string of the molecule is CCC(C)(C)OCCCC(C)(C#N)NC1CC1. The van der Waals surface area contributed by atoms with Crippen LogP contribution >= 0.6 is 0 Å². The quantitative estimate of drug-likeness (QED) is 0.661. The third-order valence-corrected chi connectivity index (χ3v) is 3.51. The molecular formula is C14H26N2O. The minimum absolute atomic E-state index is 0.0348. The molecule has 98 valence electrons. The standard InChI is InChI=1S/C14H26N2O/c1-5-13(2,3)17-10-6-9-14(4,11-15)16-12-7-8-12/h12,16H,5-10H2,1-4H3. The Bertz CT molecular complexity index is 278. The molecule has 0 aromatic carbocycles. The van der Waals surface area contributed by atoms with E-state index in [0.29, 0.717) is 6.04 Å². The molecule has 0 saturated heterocycles. The van der Waals surface area contributed by atoms with Gasteiger partial charge in [-0.15, -0.1) is 0 Å². The number of nitriles is 1. The second-order valence-electron chi connectivity index (χ2n) is 5.93. The van der Waals surface area contributed by atoms with E-state index in [0.717, 1.165) is 25.9 Å². The van der Waals surface area contributed by atoms with Gasteiger partial charge < -0.3 is 4.74 Å². The van der Waals surface area contributed by atoms with Crippen molar-refractivity contribution in [1.82, 2.24) is 5.32 Å². The maximum atomic E-state index is 9.21. The monoisotopic (exact) mass is 238 g/mol. The highest BCUT2D eigenvalue weighted by atomic mass is 16.5. The molecule has 0 radical (unpaired) electrons. The maximum absolute atomic E-state index is 9.21. The summed E-state index contributed by atoms with van der Waals surface area (Å²) in [5.74, 6) is 0. The highest BCUT2D eigenvalue weighted by Crippen LogP contribution is 2.24. The molecule has 1 atom stereocenters. The van der Waals surface area contributed by atoms with Gasteiger partial charge in [0.25, 0.3) is 0 Å². The number of nitrogens with one attached hydrogen (secondary N) is 1. The Balaban J connectivity index is 2.21. The topological polar surface area (TPSA) is 45.0 Å². The summed E-state index contributed by atoms with van der Waals surface area (Å²) in [6, 6.07) is 2.97. The van der Waals surface area contributed by atoms with Crippen LogP contribution in [-0.2, 0) is 4.74 Å². The Kier molecular flexibility index (Phi) is 4.97. The van der Waals surface area contributed by atoms with Crippen molar-refractivity contribution in [2.45, 2.75) is 77.0 Å². The molecule has 1 aliphatic rings. The van der Waals surface area contributed by atoms with Gasteiger partial charge in [-0.25, -0.2) is 0 Å². The van der Waals surface area contributed by atoms with Gasteiger partial charge in [0, 0.05) is 12.6 Å². The van der Waals surface area contributed by atoms with E-state index in [4.69, 9.17) is 4.74 Å². The number of rotatable bonds is 8. The molecule has 1 saturated carbocycles. The fourth-order valence-electron chi connectivity index (χ4n) is 1.71. The molecule has 0 aromatic heterocycles. The molecule has 0 bridgehead atoms. The van der Waals surface area contributed by atoms with Crippen molar-refractivity contribution in [1.29, 1.82) is 5.26 Å². The Morgan fingerprint density at radius 2 is 2.00 bits per heavy atom. The predicted molar refractivity (Wildman–Crippen MR) is 69.7 cm³/mol. The maximum Gasteiger partial charge on any atom is 0.104 e. The van der Waals surface area contributed by atoms with Gasteiger partial charge >= 0.3 is 0 Å². The summed E-state index contributed by atoms with van der Waals surface area (Å²) in [4.78, 5) is 0. The Morgan fingerprint density at radius 1 is 1.35 bits per heavy atom. The number of ether oxygens (including phenoxy) is 1. The van der Waals surface area contributed by atoms with Crippen LogP contribution in [0.1, 0.15) is 59.8 Å². The lowest BCUT2D eigenvalue weighted by Crippen LogP contribution is -2.42. The molecule has 3 nitrogen and oxygen atoms in total. The Hall–Kier alpha value is -0.590. The summed E-state index contributed by atoms with van der Waals surface area (Å²) in [5, 5.41) is 12.6. The van der Waals surface area contributed by atoms with Crippen LogP contribution in [0.5, 0.6) is 0 Å². The van der Waals surface area contributed by atoms with E-state index >= 15 is 0 Å². The predicted octanol–water partition coefficient (Wildman–Crippen LogP) is 3.01. The molecule has 0 aromatic rings. The van der Waals surface area contributed by atoms with E-state index in [-0.39, 0.29) is 11.1 Å². The van der Waals surface area contributed by atoms with Gasteiger partial charge in [0.15, 0.2) is 0 Å². The average Bonchev–Trinajstić information content (AvgIpc) is 3.08. The normalized spacial score (nSPS) is 19.7. The zero-order valence-electron chi connectivity index (χ0n) is 11.7. The van der Waals surface area contributed by atoms with E-state index in [1.165, 1.54) is 12.8 Å². The first-order chi connectivity index (χ1) is 7.91. The third kappa shape index (κ3) is 5.52. The molecule has 1 N–H and O–H groups in total. The minimum Gasteiger partial charge on any atom is -0.376 e. The summed E-state index contributed by atoms with van der Waals surface area (Å²) in [7, 11) is 0. The highest BCUT2D eigenvalue weighted by Gasteiger charge is 2.32. The summed E-state index contributed by atoms with van der Waals surface area (Å²) in [5.41, 5.74) is -0.409. The fraction of sp³-hybridized carbons (Fsp3) is 0.929. The van der Waals surface area contributed by atoms with Gasteiger partial charge in [-0.05, 0) is 52.9 Å². The van der Waals surface area contributed by atoms with Crippen LogP contribution in [0.2, 0.25) is 0 Å². The van der Waals surface area contributed by atoms with E-state index in [1.807, 2.05) is 6.92 Å². The van der Waals surface area contributed by atoms with Crippen molar-refractivity contribution >= 4 is 0 Å². The average molecular weight is 238 g/mol. The Labute approximate surface area is 106 Å². The van der Waals surface area contributed by atoms with Crippen LogP contribution in [0.4, 0.5) is 0 Å². The highest BCUT2D eigenvalue weighted by molar-refractivity contribution is 5.06. The van der Waals surface area contributed by atoms with Crippen molar-refractivity contribution in [3.05, 3.63) is 0 Å². The molecule has 0 heterocycles. The largest absolute Gasteiger partial charge is 0.376 e. The first-order valence-corrected chi connectivity index (χ1v) is 6.74. The summed E-state index contributed by atoms with van der Waals surface area (Å²) in [6.07, 6.45) is 5.25. The van der Waals surface area contributed by atoms with Crippen molar-refractivity contribution in [3.8, 4) is 6.07 Å². The van der Waals surface area contributed by atoms with Crippen LogP contribution in [0.3, 0.4) is 0 Å². The van der Waals surface area contributed by atoms with Crippen LogP contribution in [0, 0.1) is 11.3 Å². The fourth-order valence-corrected chi connectivity index (χ4v) is 1.71. The number of nitrogens with zero attached hydrogens (tertiary/aromatic N) is 1. The molecule has 0 amide bonds. The van der Waals surface area contributed by atoms with E-state index < -0.39 is 0 Å². The van der Waals surface area contributed by atoms with Crippen LogP contribution in [-0.4, -0.2) is 23.8 Å². The molecular weight excluding hydrogens is 212 g/mol. The van der Waals surface area contributed by atoms with Crippen LogP contribution in [0.15, 0.2) is 0 Å². The second kappa shape index (κ2) is 5.84. The van der Waals surface area contributed by atoms with Crippen molar-refractivity contribution in [2.24, 2.45) is 0 Å². The first-order valence-electron chi connectivity index (χ1n) is 6.74. The lowest BCUT2D eigenvalue weighted by atomic mass is 9.97.